The van der Waals surface area contributed by atoms with E-state index >= 15 is 0 Å². The second-order valence-electron chi connectivity index (χ2n) is 23.6. The zero-order chi connectivity index (χ0) is 62.2. The quantitative estimate of drug-likeness (QED) is 0.109. The van der Waals surface area contributed by atoms with Crippen LogP contribution in [0.25, 0.3) is 55.7 Å². The minimum Gasteiger partial charge on any atom is -0.348 e. The molecule has 0 atom stereocenters. The number of carbonyl (C=O) groups excluding carboxylic acids is 4. The second kappa shape index (κ2) is 25.0. The van der Waals surface area contributed by atoms with Gasteiger partial charge in [-0.25, -0.2) is 47.4 Å². The molecule has 20 nitrogen and oxygen atoms in total. The van der Waals surface area contributed by atoms with Gasteiger partial charge >= 0.3 is 11.4 Å². The molecule has 2 N–H and O–H groups in total. The standard InChI is InChI=1S/2C34H31FN6O4/c2*35-24-17-28-31(36-18-24)40(27-5-3-4-23(16-27)22-9-7-21(20-42)8-10-22)34(45)41(33(28)44)26-13-11-25(12-14-26)37-32(43)29-19-39-15-2-1-6-30(39)38-29/h2*3-5,7-10,16-20,25-26H,1-2,6,11-15H2,(H,37,43)/t2*25-,26+. The smallest absolute Gasteiger partial charge is 0.337 e. The van der Waals surface area contributed by atoms with Gasteiger partial charge in [0.05, 0.1) is 34.5 Å². The molecule has 2 amide bonds. The van der Waals surface area contributed by atoms with Crippen LogP contribution in [0.1, 0.15) is 142 Å². The highest BCUT2D eigenvalue weighted by Gasteiger charge is 2.32. The molecule has 22 heteroatoms. The fraction of sp³-hybridized carbons (Fsp3) is 0.294. The topological polar surface area (TPSA) is 242 Å². The molecule has 2 aliphatic carbocycles. The van der Waals surface area contributed by atoms with E-state index in [1.54, 1.807) is 60.7 Å². The van der Waals surface area contributed by atoms with Gasteiger partial charge in [0.25, 0.3) is 22.9 Å². The molecule has 2 aliphatic heterocycles. The van der Waals surface area contributed by atoms with Crippen molar-refractivity contribution in [1.82, 2.24) is 58.0 Å². The summed E-state index contributed by atoms with van der Waals surface area (Å²) in [5.41, 5.74) is 3.97. The summed E-state index contributed by atoms with van der Waals surface area (Å²) in [6.45, 7) is 1.74. The molecule has 0 saturated heterocycles. The van der Waals surface area contributed by atoms with E-state index in [2.05, 4.69) is 30.6 Å². The molecule has 90 heavy (non-hydrogen) atoms. The zero-order valence-electron chi connectivity index (χ0n) is 49.0. The fourth-order valence-corrected chi connectivity index (χ4v) is 13.2. The minimum atomic E-state index is -0.673. The van der Waals surface area contributed by atoms with Crippen LogP contribution < -0.4 is 33.1 Å². The van der Waals surface area contributed by atoms with E-state index in [4.69, 9.17) is 0 Å². The number of halogens is 2. The van der Waals surface area contributed by atoms with Gasteiger partial charge in [0, 0.05) is 73.6 Å². The highest BCUT2D eigenvalue weighted by molar-refractivity contribution is 5.93. The predicted octanol–water partition coefficient (Wildman–Crippen LogP) is 9.23. The van der Waals surface area contributed by atoms with Gasteiger partial charge in [-0.3, -0.25) is 37.9 Å². The number of hydrogen-bond donors (Lipinski definition) is 2. The maximum atomic E-state index is 14.4. The SMILES string of the molecule is O=Cc1ccc(-c2cccc(-n3c(=O)n([C@H]4CC[C@@H](NC(=O)c5cn6c(n5)CCCC6)CC4)c(=O)c4cc(F)cnc43)c2)cc1.O=Cc1ccc(-c2cccc(-n3c(=O)n([C@H]4CC[C@@H](NC(=O)c5cn6c(n5)CCCC6)CC4)c(=O)c4cc(F)cnc43)c2)cc1. The summed E-state index contributed by atoms with van der Waals surface area (Å²) < 4.78 is 38.0. The third kappa shape index (κ3) is 11.7. The number of aldehydes is 2. The summed E-state index contributed by atoms with van der Waals surface area (Å²) in [5.74, 6) is 0.102. The molecule has 4 aliphatic rings. The molecule has 10 aromatic rings. The first-order valence-corrected chi connectivity index (χ1v) is 30.5. The lowest BCUT2D eigenvalue weighted by atomic mass is 9.90. The van der Waals surface area contributed by atoms with Gasteiger partial charge in [-0.2, -0.15) is 0 Å². The van der Waals surface area contributed by atoms with Crippen LogP contribution in [0.2, 0.25) is 0 Å². The molecule has 0 bridgehead atoms. The predicted molar refractivity (Wildman–Crippen MR) is 333 cm³/mol. The van der Waals surface area contributed by atoms with Crippen LogP contribution in [-0.2, 0) is 25.9 Å². The highest BCUT2D eigenvalue weighted by atomic mass is 19.1. The summed E-state index contributed by atoms with van der Waals surface area (Å²) in [6.07, 6.45) is 17.4. The molecule has 2 saturated carbocycles. The largest absolute Gasteiger partial charge is 0.348 e. The Labute approximate surface area is 512 Å². The number of nitrogens with one attached hydrogen (secondary N) is 2. The first kappa shape index (κ1) is 58.6. The number of rotatable bonds is 12. The van der Waals surface area contributed by atoms with Crippen molar-refractivity contribution in [2.45, 2.75) is 127 Å². The van der Waals surface area contributed by atoms with Crippen LogP contribution in [0.15, 0.2) is 153 Å². The van der Waals surface area contributed by atoms with Crippen LogP contribution in [0.4, 0.5) is 8.78 Å². The van der Waals surface area contributed by atoms with Gasteiger partial charge in [-0.1, -0.05) is 72.8 Å². The normalized spacial score (nSPS) is 18.0. The molecule has 8 heterocycles. The Kier molecular flexibility index (Phi) is 16.3. The van der Waals surface area contributed by atoms with Gasteiger partial charge in [0.1, 0.15) is 47.2 Å². The van der Waals surface area contributed by atoms with Crippen molar-refractivity contribution in [3.8, 4) is 33.6 Å². The summed E-state index contributed by atoms with van der Waals surface area (Å²) in [6, 6.07) is 29.7. The molecule has 0 spiro atoms. The number of imidazole rings is 2. The Balaban J connectivity index is 0.000000165. The maximum absolute atomic E-state index is 14.4. The van der Waals surface area contributed by atoms with Crippen molar-refractivity contribution < 1.29 is 28.0 Å². The Morgan fingerprint density at radius 3 is 1.27 bits per heavy atom. The summed E-state index contributed by atoms with van der Waals surface area (Å²) in [5, 5.41) is 6.19. The Morgan fingerprint density at radius 2 is 0.889 bits per heavy atom. The number of pyridine rings is 2. The molecule has 4 aromatic carbocycles. The fourth-order valence-electron chi connectivity index (χ4n) is 13.2. The molecule has 456 valence electrons. The number of carbonyl (C=O) groups is 4. The van der Waals surface area contributed by atoms with Crippen molar-refractivity contribution in [3.63, 3.8) is 0 Å². The molecule has 0 unspecified atom stereocenters. The van der Waals surface area contributed by atoms with Crippen LogP contribution in [0, 0.1) is 11.6 Å². The molecule has 2 fully saturated rings. The molecule has 14 rings (SSSR count). The van der Waals surface area contributed by atoms with Gasteiger partial charge in [0.2, 0.25) is 0 Å². The van der Waals surface area contributed by atoms with Gasteiger partial charge in [-0.05, 0) is 136 Å². The summed E-state index contributed by atoms with van der Waals surface area (Å²) >= 11 is 0. The number of fused-ring (bicyclic) bond motifs is 4. The lowest BCUT2D eigenvalue weighted by Crippen LogP contribution is -2.45. The van der Waals surface area contributed by atoms with Crippen LogP contribution in [-0.4, -0.2) is 83.8 Å². The highest BCUT2D eigenvalue weighted by Crippen LogP contribution is 2.32. The van der Waals surface area contributed by atoms with Crippen molar-refractivity contribution >= 4 is 46.5 Å². The number of nitrogens with zero attached hydrogens (tertiary/aromatic N) is 10. The molecular formula is C68H62F2N12O8. The van der Waals surface area contributed by atoms with Gasteiger partial charge in [0.15, 0.2) is 11.3 Å². The van der Waals surface area contributed by atoms with E-state index in [1.807, 2.05) is 57.9 Å². The number of amides is 2. The van der Waals surface area contributed by atoms with E-state index in [0.717, 1.165) is 123 Å². The summed E-state index contributed by atoms with van der Waals surface area (Å²) in [4.78, 5) is 121. The van der Waals surface area contributed by atoms with Crippen LogP contribution in [0.3, 0.4) is 0 Å². The third-order valence-electron chi connectivity index (χ3n) is 17.8. The van der Waals surface area contributed by atoms with Crippen molar-refractivity contribution in [1.29, 1.82) is 0 Å². The van der Waals surface area contributed by atoms with Crippen molar-refractivity contribution in [3.05, 3.63) is 221 Å². The number of hydrogen-bond acceptors (Lipinski definition) is 12. The summed E-state index contributed by atoms with van der Waals surface area (Å²) in [7, 11) is 0. The number of benzene rings is 4. The lowest BCUT2D eigenvalue weighted by Gasteiger charge is -2.30. The van der Waals surface area contributed by atoms with E-state index in [0.29, 0.717) is 85.3 Å². The first-order valence-electron chi connectivity index (χ1n) is 30.5. The number of aromatic nitrogens is 10. The Bertz CT molecular complexity index is 4360. The number of aryl methyl sites for hydroxylation is 4. The average molecular weight is 1210 g/mol. The van der Waals surface area contributed by atoms with Gasteiger partial charge < -0.3 is 19.8 Å². The van der Waals surface area contributed by atoms with Crippen LogP contribution >= 0.6 is 0 Å². The Hall–Kier alpha value is -10.4. The van der Waals surface area contributed by atoms with E-state index in [1.165, 1.54) is 18.3 Å². The Morgan fingerprint density at radius 1 is 0.489 bits per heavy atom. The van der Waals surface area contributed by atoms with Crippen molar-refractivity contribution in [2.24, 2.45) is 0 Å². The van der Waals surface area contributed by atoms with Gasteiger partial charge in [-0.15, -0.1) is 0 Å². The molecule has 6 aromatic heterocycles. The average Bonchev–Trinajstić information content (AvgIpc) is 1.000. The molecule has 0 radical (unpaired) electrons. The maximum Gasteiger partial charge on any atom is 0.337 e. The van der Waals surface area contributed by atoms with E-state index in [-0.39, 0.29) is 46.0 Å². The first-order chi connectivity index (χ1) is 43.8. The van der Waals surface area contributed by atoms with Crippen LogP contribution in [0.5, 0.6) is 0 Å². The monoisotopic (exact) mass is 1210 g/mol. The van der Waals surface area contributed by atoms with Crippen molar-refractivity contribution in [2.75, 3.05) is 0 Å². The van der Waals surface area contributed by atoms with E-state index < -0.39 is 46.2 Å². The minimum absolute atomic E-state index is 0.00881. The molecular weight excluding hydrogens is 1150 g/mol. The lowest BCUT2D eigenvalue weighted by molar-refractivity contribution is 0.0909. The third-order valence-corrected chi connectivity index (χ3v) is 17.8. The second-order valence-corrected chi connectivity index (χ2v) is 23.6. The van der Waals surface area contributed by atoms with E-state index in [9.17, 15) is 47.1 Å². The zero-order valence-corrected chi connectivity index (χ0v) is 49.0.